The van der Waals surface area contributed by atoms with Crippen molar-refractivity contribution in [3.8, 4) is 5.75 Å². The third-order valence-electron chi connectivity index (χ3n) is 4.98. The molecule has 1 aromatic carbocycles. The number of anilines is 1. The highest BCUT2D eigenvalue weighted by molar-refractivity contribution is 5.81. The fourth-order valence-electron chi connectivity index (χ4n) is 3.47. The molecule has 1 fully saturated rings. The highest BCUT2D eigenvalue weighted by atomic mass is 19.4. The van der Waals surface area contributed by atoms with Gasteiger partial charge in [0, 0.05) is 56.4 Å². The van der Waals surface area contributed by atoms with E-state index < -0.39 is 17.4 Å². The van der Waals surface area contributed by atoms with Gasteiger partial charge in [-0.15, -0.1) is 0 Å². The summed E-state index contributed by atoms with van der Waals surface area (Å²) in [5.74, 6) is 0.536. The molecule has 0 bridgehead atoms. The molecule has 9 heteroatoms. The van der Waals surface area contributed by atoms with Crippen LogP contribution < -0.4 is 10.5 Å². The maximum atomic E-state index is 12.7. The second kappa shape index (κ2) is 7.40. The standard InChI is InChI=1S/C20H18F3N3O3/c21-20(22,23)14-1-4-18(24-11-14)26-7-5-25(6-8-26)12-13-9-19(28)29-17-10-15(27)2-3-16(13)17/h1-4,9-11,27H,5-8,12H2. The van der Waals surface area contributed by atoms with Crippen LogP contribution in [0.4, 0.5) is 19.0 Å². The van der Waals surface area contributed by atoms with E-state index in [0.717, 1.165) is 23.2 Å². The van der Waals surface area contributed by atoms with Crippen molar-refractivity contribution in [1.82, 2.24) is 9.88 Å². The van der Waals surface area contributed by atoms with Gasteiger partial charge >= 0.3 is 11.8 Å². The van der Waals surface area contributed by atoms with Gasteiger partial charge < -0.3 is 14.4 Å². The molecule has 6 nitrogen and oxygen atoms in total. The molecule has 3 aromatic rings. The molecule has 0 spiro atoms. The van der Waals surface area contributed by atoms with Crippen molar-refractivity contribution in [1.29, 1.82) is 0 Å². The fraction of sp³-hybridized carbons (Fsp3) is 0.300. The van der Waals surface area contributed by atoms with E-state index in [1.807, 2.05) is 4.90 Å². The smallest absolute Gasteiger partial charge is 0.417 e. The number of nitrogens with zero attached hydrogens (tertiary/aromatic N) is 3. The lowest BCUT2D eigenvalue weighted by Gasteiger charge is -2.35. The Hall–Kier alpha value is -3.07. The molecule has 1 saturated heterocycles. The van der Waals surface area contributed by atoms with E-state index >= 15 is 0 Å². The molecule has 3 heterocycles. The average Bonchev–Trinajstić information content (AvgIpc) is 2.67. The van der Waals surface area contributed by atoms with Crippen molar-refractivity contribution in [2.45, 2.75) is 12.7 Å². The van der Waals surface area contributed by atoms with Gasteiger partial charge in [0.1, 0.15) is 17.2 Å². The summed E-state index contributed by atoms with van der Waals surface area (Å²) < 4.78 is 43.2. The Labute approximate surface area is 163 Å². The minimum atomic E-state index is -4.40. The first-order valence-corrected chi connectivity index (χ1v) is 9.06. The van der Waals surface area contributed by atoms with E-state index in [9.17, 15) is 23.1 Å². The molecule has 0 saturated carbocycles. The van der Waals surface area contributed by atoms with Crippen molar-refractivity contribution >= 4 is 16.8 Å². The van der Waals surface area contributed by atoms with Crippen LogP contribution in [0.15, 0.2) is 51.8 Å². The van der Waals surface area contributed by atoms with Crippen molar-refractivity contribution in [3.63, 3.8) is 0 Å². The number of aromatic nitrogens is 1. The molecular formula is C20H18F3N3O3. The molecule has 1 aliphatic rings. The molecule has 1 aliphatic heterocycles. The summed E-state index contributed by atoms with van der Waals surface area (Å²) in [4.78, 5) is 19.9. The molecule has 0 atom stereocenters. The molecule has 29 heavy (non-hydrogen) atoms. The molecule has 2 aromatic heterocycles. The van der Waals surface area contributed by atoms with Gasteiger partial charge in [-0.05, 0) is 29.8 Å². The van der Waals surface area contributed by atoms with Crippen LogP contribution in [0.2, 0.25) is 0 Å². The highest BCUT2D eigenvalue weighted by Crippen LogP contribution is 2.29. The Bertz CT molecular complexity index is 1070. The van der Waals surface area contributed by atoms with Crippen molar-refractivity contribution in [2.75, 3.05) is 31.1 Å². The molecule has 0 radical (unpaired) electrons. The van der Waals surface area contributed by atoms with Crippen LogP contribution in [-0.2, 0) is 12.7 Å². The van der Waals surface area contributed by atoms with Gasteiger partial charge in [0.15, 0.2) is 0 Å². The average molecular weight is 405 g/mol. The number of rotatable bonds is 3. The number of hydrogen-bond acceptors (Lipinski definition) is 6. The fourth-order valence-corrected chi connectivity index (χ4v) is 3.47. The first-order valence-electron chi connectivity index (χ1n) is 9.06. The molecule has 0 amide bonds. The first-order chi connectivity index (χ1) is 13.8. The number of aromatic hydroxyl groups is 1. The molecule has 4 rings (SSSR count). The largest absolute Gasteiger partial charge is 0.508 e. The minimum Gasteiger partial charge on any atom is -0.508 e. The summed E-state index contributed by atoms with van der Waals surface area (Å²) in [5.41, 5.74) is -0.108. The topological polar surface area (TPSA) is 69.8 Å². The van der Waals surface area contributed by atoms with E-state index in [0.29, 0.717) is 44.1 Å². The van der Waals surface area contributed by atoms with Crippen LogP contribution in [0, 0.1) is 0 Å². The van der Waals surface area contributed by atoms with Crippen LogP contribution >= 0.6 is 0 Å². The molecule has 1 N–H and O–H groups in total. The van der Waals surface area contributed by atoms with Gasteiger partial charge in [-0.3, -0.25) is 4.90 Å². The van der Waals surface area contributed by atoms with Gasteiger partial charge in [-0.1, -0.05) is 0 Å². The molecule has 152 valence electrons. The first kappa shape index (κ1) is 19.3. The van der Waals surface area contributed by atoms with Gasteiger partial charge in [0.2, 0.25) is 0 Å². The van der Waals surface area contributed by atoms with Gasteiger partial charge in [-0.2, -0.15) is 13.2 Å². The molecular weight excluding hydrogens is 387 g/mol. The Morgan fingerprint density at radius 1 is 1.07 bits per heavy atom. The zero-order valence-electron chi connectivity index (χ0n) is 15.3. The van der Waals surface area contributed by atoms with E-state index in [-0.39, 0.29) is 5.75 Å². The molecule has 0 aliphatic carbocycles. The zero-order chi connectivity index (χ0) is 20.6. The van der Waals surface area contributed by atoms with E-state index in [4.69, 9.17) is 4.42 Å². The van der Waals surface area contributed by atoms with E-state index in [2.05, 4.69) is 9.88 Å². The van der Waals surface area contributed by atoms with Crippen LogP contribution in [0.25, 0.3) is 11.0 Å². The second-order valence-corrected chi connectivity index (χ2v) is 6.94. The number of pyridine rings is 1. The summed E-state index contributed by atoms with van der Waals surface area (Å²) in [6.45, 7) is 3.09. The number of phenolic OH excluding ortho intramolecular Hbond substituents is 1. The Balaban J connectivity index is 1.44. The van der Waals surface area contributed by atoms with Gasteiger partial charge in [0.05, 0.1) is 5.56 Å². The van der Waals surface area contributed by atoms with Crippen LogP contribution in [0.3, 0.4) is 0 Å². The lowest BCUT2D eigenvalue weighted by molar-refractivity contribution is -0.137. The third kappa shape index (κ3) is 4.19. The monoisotopic (exact) mass is 405 g/mol. The highest BCUT2D eigenvalue weighted by Gasteiger charge is 2.31. The van der Waals surface area contributed by atoms with Gasteiger partial charge in [0.25, 0.3) is 0 Å². The predicted molar refractivity (Wildman–Crippen MR) is 101 cm³/mol. The van der Waals surface area contributed by atoms with Crippen LogP contribution in [0.5, 0.6) is 5.75 Å². The minimum absolute atomic E-state index is 0.0236. The maximum absolute atomic E-state index is 12.7. The lowest BCUT2D eigenvalue weighted by atomic mass is 10.1. The number of fused-ring (bicyclic) bond motifs is 1. The van der Waals surface area contributed by atoms with Gasteiger partial charge in [-0.25, -0.2) is 9.78 Å². The van der Waals surface area contributed by atoms with Crippen molar-refractivity contribution in [2.24, 2.45) is 0 Å². The third-order valence-corrected chi connectivity index (χ3v) is 4.98. The number of phenols is 1. The summed E-state index contributed by atoms with van der Waals surface area (Å²) >= 11 is 0. The second-order valence-electron chi connectivity index (χ2n) is 6.94. The SMILES string of the molecule is O=c1cc(CN2CCN(c3ccc(C(F)(F)F)cn3)CC2)c2ccc(O)cc2o1. The summed E-state index contributed by atoms with van der Waals surface area (Å²) in [6.07, 6.45) is -3.54. The number of piperazine rings is 1. The Morgan fingerprint density at radius 2 is 1.83 bits per heavy atom. The summed E-state index contributed by atoms with van der Waals surface area (Å²) in [6, 6.07) is 8.55. The number of benzene rings is 1. The lowest BCUT2D eigenvalue weighted by Crippen LogP contribution is -2.46. The van der Waals surface area contributed by atoms with Crippen LogP contribution in [-0.4, -0.2) is 41.2 Å². The van der Waals surface area contributed by atoms with Crippen molar-refractivity contribution < 1.29 is 22.7 Å². The van der Waals surface area contributed by atoms with Crippen molar-refractivity contribution in [3.05, 3.63) is 64.1 Å². The number of alkyl halides is 3. The molecule has 0 unspecified atom stereocenters. The van der Waals surface area contributed by atoms with E-state index in [1.54, 1.807) is 12.1 Å². The summed E-state index contributed by atoms with van der Waals surface area (Å²) in [7, 11) is 0. The normalized spacial score (nSPS) is 15.8. The Kier molecular flexibility index (Phi) is 4.91. The van der Waals surface area contributed by atoms with E-state index in [1.165, 1.54) is 18.2 Å². The number of halogens is 3. The number of hydrogen-bond donors (Lipinski definition) is 1. The quantitative estimate of drug-likeness (QED) is 0.675. The predicted octanol–water partition coefficient (Wildman–Crippen LogP) is 3.23. The zero-order valence-corrected chi connectivity index (χ0v) is 15.3. The van der Waals surface area contributed by atoms with Crippen LogP contribution in [0.1, 0.15) is 11.1 Å². The maximum Gasteiger partial charge on any atom is 0.417 e. The Morgan fingerprint density at radius 3 is 2.48 bits per heavy atom. The summed E-state index contributed by atoms with van der Waals surface area (Å²) in [5, 5.41) is 10.3.